The zero-order valence-corrected chi connectivity index (χ0v) is 11.6. The number of ketones is 1. The van der Waals surface area contributed by atoms with E-state index in [1.165, 1.54) is 6.92 Å². The van der Waals surface area contributed by atoms with E-state index in [9.17, 15) is 19.5 Å². The average Bonchev–Trinajstić information content (AvgIpc) is 2.68. The highest BCUT2D eigenvalue weighted by atomic mass is 32.1. The van der Waals surface area contributed by atoms with Crippen LogP contribution in [0.4, 0.5) is 0 Å². The molecule has 1 rings (SSSR count). The Morgan fingerprint density at radius 1 is 1.53 bits per heavy atom. The van der Waals surface area contributed by atoms with Gasteiger partial charge in [0.2, 0.25) is 5.91 Å². The summed E-state index contributed by atoms with van der Waals surface area (Å²) in [5.74, 6) is -2.19. The van der Waals surface area contributed by atoms with Crippen LogP contribution in [0.2, 0.25) is 0 Å². The van der Waals surface area contributed by atoms with Crippen molar-refractivity contribution in [1.82, 2.24) is 5.32 Å². The summed E-state index contributed by atoms with van der Waals surface area (Å²) in [6, 6.07) is -1.06. The molecule has 4 atom stereocenters. The summed E-state index contributed by atoms with van der Waals surface area (Å²) in [5, 5.41) is 20.1. The van der Waals surface area contributed by atoms with Crippen LogP contribution in [0.1, 0.15) is 26.2 Å². The number of Topliss-reactive ketones (excluding diaryl/α,β-unsaturated/α-hetero) is 1. The SMILES string of the molecule is CC(=O)NC(CC(S)C1C(=O)CCC1CO)C(=O)O. The minimum atomic E-state index is -1.15. The third-order valence-electron chi connectivity index (χ3n) is 3.44. The molecule has 6 nitrogen and oxygen atoms in total. The molecule has 0 bridgehead atoms. The summed E-state index contributed by atoms with van der Waals surface area (Å²) in [6.07, 6.45) is 1.06. The van der Waals surface area contributed by atoms with Gasteiger partial charge in [-0.3, -0.25) is 9.59 Å². The summed E-state index contributed by atoms with van der Waals surface area (Å²) in [5.41, 5.74) is 0. The first-order valence-corrected chi connectivity index (χ1v) is 6.70. The number of aliphatic carboxylic acids is 1. The predicted octanol–water partition coefficient (Wildman–Crippen LogP) is -0.148. The highest BCUT2D eigenvalue weighted by Crippen LogP contribution is 2.34. The second-order valence-electron chi connectivity index (χ2n) is 4.87. The van der Waals surface area contributed by atoms with E-state index in [1.54, 1.807) is 0 Å². The number of carboxylic acids is 1. The normalized spacial score (nSPS) is 25.9. The molecule has 108 valence electrons. The lowest BCUT2D eigenvalue weighted by Crippen LogP contribution is -2.43. The van der Waals surface area contributed by atoms with E-state index in [-0.39, 0.29) is 24.7 Å². The minimum absolute atomic E-state index is 0.00557. The maximum absolute atomic E-state index is 11.8. The summed E-state index contributed by atoms with van der Waals surface area (Å²) < 4.78 is 0. The fourth-order valence-corrected chi connectivity index (χ4v) is 3.15. The van der Waals surface area contributed by atoms with E-state index in [0.717, 1.165) is 0 Å². The van der Waals surface area contributed by atoms with Crippen molar-refractivity contribution >= 4 is 30.3 Å². The Bertz CT molecular complexity index is 373. The van der Waals surface area contributed by atoms with Gasteiger partial charge < -0.3 is 15.5 Å². The molecule has 1 amide bonds. The number of carboxylic acid groups (broad SMARTS) is 1. The van der Waals surface area contributed by atoms with Crippen molar-refractivity contribution in [3.63, 3.8) is 0 Å². The number of thiol groups is 1. The highest BCUT2D eigenvalue weighted by molar-refractivity contribution is 7.81. The van der Waals surface area contributed by atoms with E-state index < -0.39 is 29.1 Å². The number of hydrogen-bond donors (Lipinski definition) is 4. The van der Waals surface area contributed by atoms with Gasteiger partial charge in [-0.2, -0.15) is 12.6 Å². The van der Waals surface area contributed by atoms with Crippen LogP contribution in [0.25, 0.3) is 0 Å². The van der Waals surface area contributed by atoms with Gasteiger partial charge in [0, 0.05) is 31.1 Å². The molecule has 0 spiro atoms. The fraction of sp³-hybridized carbons (Fsp3) is 0.750. The molecule has 0 heterocycles. The molecule has 0 radical (unpaired) electrons. The number of carbonyl (C=O) groups excluding carboxylic acids is 2. The monoisotopic (exact) mass is 289 g/mol. The average molecular weight is 289 g/mol. The summed E-state index contributed by atoms with van der Waals surface area (Å²) in [4.78, 5) is 33.7. The van der Waals surface area contributed by atoms with Gasteiger partial charge in [0.05, 0.1) is 0 Å². The molecule has 0 aliphatic heterocycles. The van der Waals surface area contributed by atoms with Gasteiger partial charge in [-0.05, 0) is 18.8 Å². The number of aliphatic hydroxyl groups is 1. The molecular weight excluding hydrogens is 270 g/mol. The molecule has 1 fully saturated rings. The Morgan fingerprint density at radius 3 is 2.63 bits per heavy atom. The maximum Gasteiger partial charge on any atom is 0.326 e. The van der Waals surface area contributed by atoms with Gasteiger partial charge in [-0.1, -0.05) is 0 Å². The van der Waals surface area contributed by atoms with E-state index in [1.807, 2.05) is 0 Å². The van der Waals surface area contributed by atoms with Crippen LogP contribution < -0.4 is 5.32 Å². The zero-order valence-electron chi connectivity index (χ0n) is 10.7. The number of carbonyl (C=O) groups is 3. The first-order chi connectivity index (χ1) is 8.86. The molecule has 1 aliphatic rings. The van der Waals surface area contributed by atoms with Crippen molar-refractivity contribution in [3.05, 3.63) is 0 Å². The molecule has 4 unspecified atom stereocenters. The van der Waals surface area contributed by atoms with Gasteiger partial charge in [0.15, 0.2) is 0 Å². The van der Waals surface area contributed by atoms with Crippen LogP contribution >= 0.6 is 12.6 Å². The Kier molecular flexibility index (Phi) is 5.81. The Labute approximate surface area is 117 Å². The van der Waals surface area contributed by atoms with E-state index in [2.05, 4.69) is 17.9 Å². The fourth-order valence-electron chi connectivity index (χ4n) is 2.53. The lowest BCUT2D eigenvalue weighted by atomic mass is 9.89. The zero-order chi connectivity index (χ0) is 14.6. The van der Waals surface area contributed by atoms with Crippen LogP contribution in [-0.2, 0) is 14.4 Å². The molecule has 1 aliphatic carbocycles. The van der Waals surface area contributed by atoms with E-state index in [0.29, 0.717) is 12.8 Å². The summed E-state index contributed by atoms with van der Waals surface area (Å²) in [7, 11) is 0. The van der Waals surface area contributed by atoms with Crippen LogP contribution in [0.15, 0.2) is 0 Å². The number of amides is 1. The van der Waals surface area contributed by atoms with Crippen LogP contribution in [-0.4, -0.2) is 45.8 Å². The molecule has 1 saturated carbocycles. The molecule has 0 aromatic heterocycles. The van der Waals surface area contributed by atoms with Crippen LogP contribution in [0, 0.1) is 11.8 Å². The van der Waals surface area contributed by atoms with Crippen molar-refractivity contribution in [2.45, 2.75) is 37.5 Å². The molecule has 19 heavy (non-hydrogen) atoms. The third kappa shape index (κ3) is 4.21. The Hall–Kier alpha value is -1.08. The van der Waals surface area contributed by atoms with Crippen molar-refractivity contribution in [2.75, 3.05) is 6.61 Å². The van der Waals surface area contributed by atoms with Gasteiger partial charge in [0.25, 0.3) is 0 Å². The van der Waals surface area contributed by atoms with E-state index in [4.69, 9.17) is 5.11 Å². The number of hydrogen-bond acceptors (Lipinski definition) is 5. The first-order valence-electron chi connectivity index (χ1n) is 6.18. The Morgan fingerprint density at radius 2 is 2.16 bits per heavy atom. The van der Waals surface area contributed by atoms with Crippen molar-refractivity contribution in [2.24, 2.45) is 11.8 Å². The maximum atomic E-state index is 11.8. The van der Waals surface area contributed by atoms with Crippen LogP contribution in [0.3, 0.4) is 0 Å². The quantitative estimate of drug-likeness (QED) is 0.509. The lowest BCUT2D eigenvalue weighted by molar-refractivity contribution is -0.142. The largest absolute Gasteiger partial charge is 0.480 e. The van der Waals surface area contributed by atoms with Crippen molar-refractivity contribution in [3.8, 4) is 0 Å². The summed E-state index contributed by atoms with van der Waals surface area (Å²) in [6.45, 7) is 1.13. The van der Waals surface area contributed by atoms with Crippen molar-refractivity contribution < 1.29 is 24.6 Å². The van der Waals surface area contributed by atoms with Gasteiger partial charge in [-0.25, -0.2) is 4.79 Å². The number of nitrogens with one attached hydrogen (secondary N) is 1. The standard InChI is InChI=1S/C12H19NO5S/c1-6(15)13-8(12(17)18)4-10(19)11-7(5-14)2-3-9(11)16/h7-8,10-11,14,19H,2-5H2,1H3,(H,13,15)(H,17,18). The first kappa shape index (κ1) is 16.0. The highest BCUT2D eigenvalue weighted by Gasteiger charge is 2.39. The number of aliphatic hydroxyl groups excluding tert-OH is 1. The van der Waals surface area contributed by atoms with E-state index >= 15 is 0 Å². The second-order valence-corrected chi connectivity index (χ2v) is 5.53. The smallest absolute Gasteiger partial charge is 0.326 e. The topological polar surface area (TPSA) is 104 Å². The van der Waals surface area contributed by atoms with Gasteiger partial charge in [0.1, 0.15) is 11.8 Å². The molecule has 3 N–H and O–H groups in total. The number of rotatable bonds is 6. The van der Waals surface area contributed by atoms with Crippen molar-refractivity contribution in [1.29, 1.82) is 0 Å². The predicted molar refractivity (Wildman–Crippen MR) is 70.9 cm³/mol. The molecule has 0 saturated heterocycles. The molecular formula is C12H19NO5S. The van der Waals surface area contributed by atoms with Crippen LogP contribution in [0.5, 0.6) is 0 Å². The van der Waals surface area contributed by atoms with Gasteiger partial charge >= 0.3 is 5.97 Å². The molecule has 0 aromatic rings. The molecule has 0 aromatic carbocycles. The lowest BCUT2D eigenvalue weighted by Gasteiger charge is -2.25. The second kappa shape index (κ2) is 6.91. The van der Waals surface area contributed by atoms with Gasteiger partial charge in [-0.15, -0.1) is 0 Å². The molecule has 7 heteroatoms. The third-order valence-corrected chi connectivity index (χ3v) is 3.98. The minimum Gasteiger partial charge on any atom is -0.480 e. The Balaban J connectivity index is 2.70. The summed E-state index contributed by atoms with van der Waals surface area (Å²) >= 11 is 4.31.